The van der Waals surface area contributed by atoms with Crippen LogP contribution in [-0.2, 0) is 26.5 Å². The Morgan fingerprint density at radius 2 is 1.50 bits per heavy atom. The molecule has 0 amide bonds. The van der Waals surface area contributed by atoms with E-state index in [1.165, 1.54) is 6.07 Å². The van der Waals surface area contributed by atoms with Crippen molar-refractivity contribution in [2.75, 3.05) is 0 Å². The third kappa shape index (κ3) is 7.27. The normalized spacial score (nSPS) is 16.3. The van der Waals surface area contributed by atoms with Gasteiger partial charge in [0.25, 0.3) is 0 Å². The van der Waals surface area contributed by atoms with Crippen LogP contribution in [0, 0.1) is 40.5 Å². The average molecular weight is 928 g/mol. The molecule has 0 saturated heterocycles. The summed E-state index contributed by atoms with van der Waals surface area (Å²) in [5.41, 5.74) is 1.60. The van der Waals surface area contributed by atoms with E-state index in [4.69, 9.17) is 25.5 Å². The van der Waals surface area contributed by atoms with Crippen molar-refractivity contribution >= 4 is 11.0 Å². The maximum absolute atomic E-state index is 11.8. The van der Waals surface area contributed by atoms with Gasteiger partial charge >= 0.3 is 0 Å². The quantitative estimate of drug-likeness (QED) is 0.169. The smallest absolute Gasteiger partial charge is 0.148 e. The number of pyridine rings is 1. The van der Waals surface area contributed by atoms with Crippen molar-refractivity contribution in [2.24, 2.45) is 0 Å². The molecule has 282 valence electrons. The molecule has 0 unspecified atom stereocenters. The molecule has 4 nitrogen and oxygen atoms in total. The van der Waals surface area contributed by atoms with Crippen LogP contribution in [0.2, 0.25) is 0 Å². The van der Waals surface area contributed by atoms with Crippen LogP contribution < -0.4 is 0 Å². The van der Waals surface area contributed by atoms with Crippen molar-refractivity contribution in [1.82, 2.24) is 14.5 Å². The zero-order chi connectivity index (χ0) is 52.2. The van der Waals surface area contributed by atoms with Gasteiger partial charge in [0.2, 0.25) is 0 Å². The molecule has 0 fully saturated rings. The standard InChI is InChI=1S/C51H46N3O.Pt/c1-31-17-19-36(20-18-31)38-21-22-52-46(29-38)40-26-39(27-41(28-40)51(6,7)8)43-15-12-16-47-48(43)53-50(45-24-32(2)23-34(4)49(45)55)54(47)42-25-33(3)35(5)44(30-42)37-13-10-9-11-14-37;/h9-25,27-30,55H,1-8H3;/q-1;/i1D3,3D3,5D3,17D,18D,19D,20D,21D,22D,29D;. The van der Waals surface area contributed by atoms with E-state index >= 15 is 0 Å². The SMILES string of the molecule is [2H]c1nc(-c2[c-]c(-c3cccc4c3nc(-c3cc(C)cc(C)c3O)n4-c3cc(-c4ccccc4)c(C([2H])([2H])[2H])c(C([2H])([2H])[2H])c3)cc(C(C)(C)C)c2)c([2H])c(-c2c([2H])c([2H])c(C([2H])([2H])[2H])c([2H])c2[2H])c1[2H].[Pt]. The fourth-order valence-corrected chi connectivity index (χ4v) is 6.77. The molecule has 8 rings (SSSR count). The first kappa shape index (κ1) is 23.5. The zero-order valence-corrected chi connectivity index (χ0v) is 33.5. The molecule has 0 aliphatic rings. The van der Waals surface area contributed by atoms with Gasteiger partial charge in [0.1, 0.15) is 11.6 Å². The molecule has 56 heavy (non-hydrogen) atoms. The summed E-state index contributed by atoms with van der Waals surface area (Å²) in [6, 6.07) is 22.7. The Labute approximate surface area is 367 Å². The third-order valence-electron chi connectivity index (χ3n) is 9.58. The van der Waals surface area contributed by atoms with E-state index in [0.717, 1.165) is 5.56 Å². The number of phenols is 1. The Morgan fingerprint density at radius 1 is 0.714 bits per heavy atom. The summed E-state index contributed by atoms with van der Waals surface area (Å²) in [7, 11) is 0. The minimum absolute atomic E-state index is 0. The summed E-state index contributed by atoms with van der Waals surface area (Å²) in [6.07, 6.45) is -0.659. The van der Waals surface area contributed by atoms with Gasteiger partial charge < -0.3 is 5.11 Å². The van der Waals surface area contributed by atoms with E-state index in [2.05, 4.69) is 11.1 Å². The van der Waals surface area contributed by atoms with E-state index in [1.54, 1.807) is 84.3 Å². The van der Waals surface area contributed by atoms with E-state index in [1.807, 2.05) is 33.8 Å². The zero-order valence-electron chi connectivity index (χ0n) is 47.2. The van der Waals surface area contributed by atoms with E-state index in [9.17, 15) is 6.48 Å². The number of fused-ring (bicyclic) bond motifs is 1. The van der Waals surface area contributed by atoms with Crippen LogP contribution in [0.5, 0.6) is 5.75 Å². The van der Waals surface area contributed by atoms with Gasteiger partial charge in [0.15, 0.2) is 0 Å². The fourth-order valence-electron chi connectivity index (χ4n) is 6.77. The number of nitrogens with zero attached hydrogens (tertiary/aromatic N) is 3. The van der Waals surface area contributed by atoms with Crippen LogP contribution in [0.1, 0.15) is 76.1 Å². The molecule has 0 saturated carbocycles. The second-order valence-electron chi connectivity index (χ2n) is 14.6. The first-order valence-corrected chi connectivity index (χ1v) is 17.7. The Hall–Kier alpha value is -5.57. The van der Waals surface area contributed by atoms with Gasteiger partial charge in [-0.15, -0.1) is 29.3 Å². The molecule has 1 N–H and O–H groups in total. The number of aryl methyl sites for hydroxylation is 3. The summed E-state index contributed by atoms with van der Waals surface area (Å²) >= 11 is 0. The Kier molecular flexibility index (Phi) is 6.36. The van der Waals surface area contributed by atoms with Crippen molar-refractivity contribution in [3.05, 3.63) is 167 Å². The molecule has 0 spiro atoms. The molecule has 5 heteroatoms. The van der Waals surface area contributed by atoms with Gasteiger partial charge in [0, 0.05) is 51.0 Å². The Balaban J connectivity index is 0.00000760. The van der Waals surface area contributed by atoms with Gasteiger partial charge in [-0.3, -0.25) is 9.55 Å². The summed E-state index contributed by atoms with van der Waals surface area (Å²) in [5, 5.41) is 11.8. The van der Waals surface area contributed by atoms with Crippen LogP contribution in [0.25, 0.3) is 72.7 Å². The van der Waals surface area contributed by atoms with Crippen LogP contribution in [0.3, 0.4) is 0 Å². The van der Waals surface area contributed by atoms with Crippen LogP contribution in [0.15, 0.2) is 127 Å². The molecule has 0 radical (unpaired) electrons. The molecule has 0 aliphatic carbocycles. The van der Waals surface area contributed by atoms with Gasteiger partial charge in [-0.1, -0.05) is 116 Å². The van der Waals surface area contributed by atoms with E-state index in [-0.39, 0.29) is 60.7 Å². The number of benzene rings is 6. The van der Waals surface area contributed by atoms with Crippen molar-refractivity contribution < 1.29 is 48.1 Å². The van der Waals surface area contributed by atoms with E-state index in [0.29, 0.717) is 44.4 Å². The molecule has 0 aliphatic heterocycles. The molecule has 0 bridgehead atoms. The topological polar surface area (TPSA) is 50.9 Å². The fraction of sp³-hybridized carbons (Fsp3) is 0.176. The van der Waals surface area contributed by atoms with Crippen LogP contribution in [-0.4, -0.2) is 19.6 Å². The number of hydrogen-bond acceptors (Lipinski definition) is 3. The summed E-state index contributed by atoms with van der Waals surface area (Å²) < 4.78 is 139. The van der Waals surface area contributed by atoms with Gasteiger partial charge in [-0.2, -0.15) is 0 Å². The molecular weight excluding hydrogens is 866 g/mol. The third-order valence-corrected chi connectivity index (χ3v) is 9.58. The van der Waals surface area contributed by atoms with E-state index < -0.39 is 90.7 Å². The summed E-state index contributed by atoms with van der Waals surface area (Å²) in [5.74, 6) is 0.0922. The number of para-hydroxylation sites is 1. The number of imidazole rings is 1. The Bertz CT molecular complexity index is 3450. The Morgan fingerprint density at radius 3 is 2.23 bits per heavy atom. The first-order valence-electron chi connectivity index (χ1n) is 25.7. The van der Waals surface area contributed by atoms with Crippen molar-refractivity contribution in [3.8, 4) is 67.5 Å². The first-order chi connectivity index (χ1) is 32.9. The average Bonchev–Trinajstić information content (AvgIpc) is 3.67. The summed E-state index contributed by atoms with van der Waals surface area (Å²) in [6.45, 7) is 0.672. The number of hydrogen-bond donors (Lipinski definition) is 1. The number of phenolic OH excluding ortho intramolecular Hbond substituents is 1. The minimum atomic E-state index is -3.01. The predicted octanol–water partition coefficient (Wildman–Crippen LogP) is 13.1. The minimum Gasteiger partial charge on any atom is -0.507 e. The largest absolute Gasteiger partial charge is 0.507 e. The molecule has 2 aromatic heterocycles. The van der Waals surface area contributed by atoms with Gasteiger partial charge in [-0.25, -0.2) is 4.98 Å². The molecular formula is C51H46N3OPt-. The molecule has 0 atom stereocenters. The molecule has 6 aromatic carbocycles. The van der Waals surface area contributed by atoms with Crippen molar-refractivity contribution in [2.45, 2.75) is 60.6 Å². The van der Waals surface area contributed by atoms with Crippen LogP contribution in [0.4, 0.5) is 0 Å². The molecule has 2 heterocycles. The summed E-state index contributed by atoms with van der Waals surface area (Å²) in [4.78, 5) is 9.54. The molecule has 8 aromatic rings. The van der Waals surface area contributed by atoms with Gasteiger partial charge in [-0.05, 0) is 115 Å². The monoisotopic (exact) mass is 927 g/mol. The maximum Gasteiger partial charge on any atom is 0.148 e. The van der Waals surface area contributed by atoms with Crippen molar-refractivity contribution in [3.63, 3.8) is 0 Å². The number of rotatable bonds is 6. The van der Waals surface area contributed by atoms with Crippen molar-refractivity contribution in [1.29, 1.82) is 0 Å². The number of aromatic nitrogens is 3. The second-order valence-corrected chi connectivity index (χ2v) is 14.6. The van der Waals surface area contributed by atoms with Crippen LogP contribution >= 0.6 is 0 Å². The second kappa shape index (κ2) is 15.2. The number of aromatic hydroxyl groups is 1. The predicted molar refractivity (Wildman–Crippen MR) is 229 cm³/mol. The van der Waals surface area contributed by atoms with Gasteiger partial charge in [0.05, 0.1) is 26.2 Å². The maximum atomic E-state index is 11.8.